The fourth-order valence-electron chi connectivity index (χ4n) is 3.11. The summed E-state index contributed by atoms with van der Waals surface area (Å²) in [4.78, 5) is 27.7. The van der Waals surface area contributed by atoms with E-state index >= 15 is 0 Å². The van der Waals surface area contributed by atoms with Crippen LogP contribution < -0.4 is 0 Å². The van der Waals surface area contributed by atoms with Gasteiger partial charge in [0.1, 0.15) is 15.8 Å². The van der Waals surface area contributed by atoms with Crippen molar-refractivity contribution < 1.29 is 18.9 Å². The molecule has 8 nitrogen and oxygen atoms in total. The highest BCUT2D eigenvalue weighted by molar-refractivity contribution is 8.26. The van der Waals surface area contributed by atoms with E-state index in [1.807, 2.05) is 0 Å². The average Bonchev–Trinajstić information content (AvgIpc) is 3.29. The molecule has 1 aromatic carbocycles. The number of carbonyl (C=O) groups is 1. The number of amides is 1. The standard InChI is InChI=1S/C19H17N3O5S2/c23-18-17(29-19(28)21(18)12-20-7-9-26-10-8-20)11-13-5-6-16(27-13)14-3-1-2-4-15(14)22(24)25/h1-6,11H,7-10,12H2/b17-11+. The van der Waals surface area contributed by atoms with E-state index in [2.05, 4.69) is 4.90 Å². The summed E-state index contributed by atoms with van der Waals surface area (Å²) in [7, 11) is 0. The van der Waals surface area contributed by atoms with Crippen LogP contribution in [0.5, 0.6) is 0 Å². The van der Waals surface area contributed by atoms with Gasteiger partial charge >= 0.3 is 0 Å². The Labute approximate surface area is 176 Å². The number of furan rings is 1. The zero-order valence-electron chi connectivity index (χ0n) is 15.3. The molecule has 2 aromatic rings. The Morgan fingerprint density at radius 2 is 1.97 bits per heavy atom. The molecule has 0 radical (unpaired) electrons. The van der Waals surface area contributed by atoms with Gasteiger partial charge < -0.3 is 9.15 Å². The number of ether oxygens (including phenoxy) is 1. The molecule has 0 saturated carbocycles. The van der Waals surface area contributed by atoms with Gasteiger partial charge in [-0.05, 0) is 18.2 Å². The molecular weight excluding hydrogens is 414 g/mol. The van der Waals surface area contributed by atoms with E-state index < -0.39 is 4.92 Å². The number of nitro benzene ring substituents is 1. The second-order valence-electron chi connectivity index (χ2n) is 6.46. The van der Waals surface area contributed by atoms with Gasteiger partial charge in [0.25, 0.3) is 11.6 Å². The van der Waals surface area contributed by atoms with E-state index in [1.165, 1.54) is 17.8 Å². The molecule has 0 spiro atoms. The number of rotatable bonds is 5. The third-order valence-corrected chi connectivity index (χ3v) is 5.96. The molecule has 29 heavy (non-hydrogen) atoms. The SMILES string of the molecule is O=C1/C(=C\c2ccc(-c3ccccc3[N+](=O)[O-])o2)SC(=S)N1CN1CCOCC1. The molecule has 1 aromatic heterocycles. The number of nitro groups is 1. The van der Waals surface area contributed by atoms with Crippen molar-refractivity contribution in [3.05, 3.63) is 57.2 Å². The topological polar surface area (TPSA) is 89.1 Å². The van der Waals surface area contributed by atoms with Crippen molar-refractivity contribution in [3.8, 4) is 11.3 Å². The lowest BCUT2D eigenvalue weighted by Crippen LogP contribution is -2.45. The summed E-state index contributed by atoms with van der Waals surface area (Å²) in [6.45, 7) is 3.24. The molecule has 0 aliphatic carbocycles. The van der Waals surface area contributed by atoms with Crippen LogP contribution >= 0.6 is 24.0 Å². The van der Waals surface area contributed by atoms with Gasteiger partial charge in [0, 0.05) is 25.2 Å². The van der Waals surface area contributed by atoms with Crippen molar-refractivity contribution in [3.63, 3.8) is 0 Å². The van der Waals surface area contributed by atoms with Crippen molar-refractivity contribution in [2.75, 3.05) is 33.0 Å². The summed E-state index contributed by atoms with van der Waals surface area (Å²) < 4.78 is 11.6. The van der Waals surface area contributed by atoms with Gasteiger partial charge in [-0.1, -0.05) is 36.1 Å². The van der Waals surface area contributed by atoms with Crippen molar-refractivity contribution in [1.82, 2.24) is 9.80 Å². The number of thiocarbonyl (C=S) groups is 1. The average molecular weight is 431 g/mol. The first-order chi connectivity index (χ1) is 14.0. The predicted molar refractivity (Wildman–Crippen MR) is 113 cm³/mol. The molecule has 0 N–H and O–H groups in total. The quantitative estimate of drug-likeness (QED) is 0.308. The normalized spacial score (nSPS) is 19.3. The first-order valence-corrected chi connectivity index (χ1v) is 10.1. The smallest absolute Gasteiger partial charge is 0.280 e. The number of hydrogen-bond donors (Lipinski definition) is 0. The molecule has 2 aliphatic heterocycles. The monoisotopic (exact) mass is 431 g/mol. The molecule has 10 heteroatoms. The fourth-order valence-corrected chi connectivity index (χ4v) is 4.33. The summed E-state index contributed by atoms with van der Waals surface area (Å²) in [6, 6.07) is 9.70. The summed E-state index contributed by atoms with van der Waals surface area (Å²) >= 11 is 6.59. The first kappa shape index (κ1) is 19.8. The summed E-state index contributed by atoms with van der Waals surface area (Å²) in [5, 5.41) is 11.2. The zero-order chi connectivity index (χ0) is 20.4. The number of benzene rings is 1. The van der Waals surface area contributed by atoms with E-state index in [0.29, 0.717) is 46.2 Å². The molecule has 2 fully saturated rings. The van der Waals surface area contributed by atoms with Crippen LogP contribution in [0.3, 0.4) is 0 Å². The van der Waals surface area contributed by atoms with Crippen LogP contribution in [0.2, 0.25) is 0 Å². The molecule has 0 atom stereocenters. The minimum atomic E-state index is -0.450. The minimum Gasteiger partial charge on any atom is -0.456 e. The molecular formula is C19H17N3O5S2. The molecule has 2 saturated heterocycles. The lowest BCUT2D eigenvalue weighted by molar-refractivity contribution is -0.384. The van der Waals surface area contributed by atoms with Crippen molar-refractivity contribution in [2.45, 2.75) is 0 Å². The molecule has 150 valence electrons. The largest absolute Gasteiger partial charge is 0.456 e. The van der Waals surface area contributed by atoms with E-state index in [4.69, 9.17) is 21.4 Å². The predicted octanol–water partition coefficient (Wildman–Crippen LogP) is 3.35. The Bertz CT molecular complexity index is 997. The third kappa shape index (κ3) is 4.25. The number of morpholine rings is 1. The van der Waals surface area contributed by atoms with E-state index in [0.717, 1.165) is 13.1 Å². The maximum absolute atomic E-state index is 12.8. The van der Waals surface area contributed by atoms with E-state index in [-0.39, 0.29) is 11.6 Å². The highest BCUT2D eigenvalue weighted by Gasteiger charge is 2.33. The number of hydrogen-bond acceptors (Lipinski definition) is 8. The van der Waals surface area contributed by atoms with Gasteiger partial charge in [0.15, 0.2) is 0 Å². The molecule has 3 heterocycles. The Kier molecular flexibility index (Phi) is 5.76. The van der Waals surface area contributed by atoms with Gasteiger partial charge in [-0.3, -0.25) is 24.7 Å². The number of carbonyl (C=O) groups excluding carboxylic acids is 1. The zero-order valence-corrected chi connectivity index (χ0v) is 16.9. The highest BCUT2D eigenvalue weighted by Crippen LogP contribution is 2.35. The molecule has 1 amide bonds. The second-order valence-corrected chi connectivity index (χ2v) is 8.13. The van der Waals surface area contributed by atoms with Gasteiger partial charge in [-0.15, -0.1) is 0 Å². The second kappa shape index (κ2) is 8.46. The van der Waals surface area contributed by atoms with Crippen molar-refractivity contribution >= 4 is 46.0 Å². The van der Waals surface area contributed by atoms with Gasteiger partial charge in [0.2, 0.25) is 0 Å². The van der Waals surface area contributed by atoms with Crippen LogP contribution in [0.4, 0.5) is 5.69 Å². The summed E-state index contributed by atoms with van der Waals surface area (Å²) in [6.07, 6.45) is 1.62. The fraction of sp³-hybridized carbons (Fsp3) is 0.263. The Balaban J connectivity index is 1.53. The molecule has 0 unspecified atom stereocenters. The number of para-hydroxylation sites is 1. The molecule has 4 rings (SSSR count). The van der Waals surface area contributed by atoms with E-state index in [9.17, 15) is 14.9 Å². The van der Waals surface area contributed by atoms with Crippen LogP contribution in [0.1, 0.15) is 5.76 Å². The van der Waals surface area contributed by atoms with Crippen LogP contribution in [0, 0.1) is 10.1 Å². The lowest BCUT2D eigenvalue weighted by atomic mass is 10.1. The van der Waals surface area contributed by atoms with Gasteiger partial charge in [-0.25, -0.2) is 0 Å². The van der Waals surface area contributed by atoms with Crippen molar-refractivity contribution in [1.29, 1.82) is 0 Å². The van der Waals surface area contributed by atoms with Crippen LogP contribution in [-0.4, -0.2) is 57.9 Å². The summed E-state index contributed by atoms with van der Waals surface area (Å²) in [5.74, 6) is 0.632. The van der Waals surface area contributed by atoms with Gasteiger partial charge in [0.05, 0.1) is 35.3 Å². The van der Waals surface area contributed by atoms with Crippen molar-refractivity contribution in [2.24, 2.45) is 0 Å². The maximum atomic E-state index is 12.8. The summed E-state index contributed by atoms with van der Waals surface area (Å²) in [5.41, 5.74) is 0.349. The Hall–Kier alpha value is -2.53. The Morgan fingerprint density at radius 1 is 1.21 bits per heavy atom. The van der Waals surface area contributed by atoms with Crippen LogP contribution in [0.15, 0.2) is 45.7 Å². The van der Waals surface area contributed by atoms with Gasteiger partial charge in [-0.2, -0.15) is 0 Å². The molecule has 2 aliphatic rings. The lowest BCUT2D eigenvalue weighted by Gasteiger charge is -2.29. The Morgan fingerprint density at radius 3 is 2.72 bits per heavy atom. The molecule has 0 bridgehead atoms. The van der Waals surface area contributed by atoms with Crippen LogP contribution in [-0.2, 0) is 9.53 Å². The van der Waals surface area contributed by atoms with Crippen LogP contribution in [0.25, 0.3) is 17.4 Å². The van der Waals surface area contributed by atoms with E-state index in [1.54, 1.807) is 41.3 Å². The number of nitrogens with zero attached hydrogens (tertiary/aromatic N) is 3. The number of thioether (sulfide) groups is 1. The first-order valence-electron chi connectivity index (χ1n) is 8.92. The maximum Gasteiger partial charge on any atom is 0.280 e. The highest BCUT2D eigenvalue weighted by atomic mass is 32.2. The third-order valence-electron chi connectivity index (χ3n) is 4.59. The minimum absolute atomic E-state index is 0.0368.